The van der Waals surface area contributed by atoms with Gasteiger partial charge in [0.25, 0.3) is 0 Å². The quantitative estimate of drug-likeness (QED) is 0.715. The SMILES string of the molecule is CCC1C(=O)NCCN1c1nc(C(N)C(=O)O)cs1. The lowest BCUT2D eigenvalue weighted by atomic mass is 10.1. The summed E-state index contributed by atoms with van der Waals surface area (Å²) in [7, 11) is 0. The van der Waals surface area contributed by atoms with Crippen LogP contribution in [0.2, 0.25) is 0 Å². The number of nitrogens with two attached hydrogens (primary N) is 1. The molecule has 4 N–H and O–H groups in total. The Balaban J connectivity index is 2.21. The Hall–Kier alpha value is -1.67. The zero-order valence-electron chi connectivity index (χ0n) is 10.5. The number of amides is 1. The van der Waals surface area contributed by atoms with E-state index in [4.69, 9.17) is 10.8 Å². The van der Waals surface area contributed by atoms with Crippen LogP contribution in [0.1, 0.15) is 25.1 Å². The molecule has 1 fully saturated rings. The molecular formula is C11H16N4O3S. The number of carboxylic acid groups (broad SMARTS) is 1. The molecule has 1 aliphatic rings. The number of hydrogen-bond donors (Lipinski definition) is 3. The van der Waals surface area contributed by atoms with Gasteiger partial charge < -0.3 is 21.1 Å². The predicted molar refractivity (Wildman–Crippen MR) is 71.1 cm³/mol. The van der Waals surface area contributed by atoms with E-state index in [2.05, 4.69) is 10.3 Å². The molecule has 0 saturated carbocycles. The number of nitrogens with one attached hydrogen (secondary N) is 1. The van der Waals surface area contributed by atoms with Crippen LogP contribution in [0.3, 0.4) is 0 Å². The summed E-state index contributed by atoms with van der Waals surface area (Å²) in [4.78, 5) is 28.7. The molecule has 8 heteroatoms. The molecule has 0 radical (unpaired) electrons. The highest BCUT2D eigenvalue weighted by Crippen LogP contribution is 2.26. The normalized spacial score (nSPS) is 21.1. The molecule has 1 aliphatic heterocycles. The fraction of sp³-hybridized carbons (Fsp3) is 0.545. The molecule has 2 rings (SSSR count). The highest BCUT2D eigenvalue weighted by molar-refractivity contribution is 7.13. The summed E-state index contributed by atoms with van der Waals surface area (Å²) in [6.07, 6.45) is 0.672. The zero-order valence-corrected chi connectivity index (χ0v) is 11.3. The molecule has 1 aromatic rings. The number of carbonyl (C=O) groups excluding carboxylic acids is 1. The van der Waals surface area contributed by atoms with Gasteiger partial charge in [-0.05, 0) is 6.42 Å². The van der Waals surface area contributed by atoms with Crippen LogP contribution in [-0.2, 0) is 9.59 Å². The van der Waals surface area contributed by atoms with E-state index in [1.807, 2.05) is 11.8 Å². The predicted octanol–water partition coefficient (Wildman–Crippen LogP) is -0.0577. The second kappa shape index (κ2) is 5.54. The van der Waals surface area contributed by atoms with Crippen LogP contribution < -0.4 is 16.0 Å². The fourth-order valence-electron chi connectivity index (χ4n) is 2.03. The number of carboxylic acids is 1. The number of thiazole rings is 1. The Labute approximate surface area is 114 Å². The topological polar surface area (TPSA) is 109 Å². The third-order valence-corrected chi connectivity index (χ3v) is 3.95. The van der Waals surface area contributed by atoms with Crippen LogP contribution in [0.4, 0.5) is 5.13 Å². The Morgan fingerprint density at radius 3 is 3.16 bits per heavy atom. The number of hydrogen-bond acceptors (Lipinski definition) is 6. The van der Waals surface area contributed by atoms with Gasteiger partial charge in [0.1, 0.15) is 12.1 Å². The molecule has 2 heterocycles. The molecule has 0 aromatic carbocycles. The minimum absolute atomic E-state index is 0.0203. The van der Waals surface area contributed by atoms with Crippen LogP contribution in [0.5, 0.6) is 0 Å². The van der Waals surface area contributed by atoms with Crippen LogP contribution in [0.25, 0.3) is 0 Å². The number of nitrogens with zero attached hydrogens (tertiary/aromatic N) is 2. The second-order valence-corrected chi connectivity index (χ2v) is 5.12. The van der Waals surface area contributed by atoms with Crippen LogP contribution in [-0.4, -0.2) is 41.1 Å². The molecule has 0 spiro atoms. The fourth-order valence-corrected chi connectivity index (χ4v) is 2.96. The Morgan fingerprint density at radius 2 is 2.53 bits per heavy atom. The van der Waals surface area contributed by atoms with E-state index in [1.54, 1.807) is 5.38 Å². The van der Waals surface area contributed by atoms with Crippen molar-refractivity contribution >= 4 is 28.3 Å². The summed E-state index contributed by atoms with van der Waals surface area (Å²) < 4.78 is 0. The molecule has 1 aromatic heterocycles. The van der Waals surface area contributed by atoms with Crippen molar-refractivity contribution in [2.75, 3.05) is 18.0 Å². The average Bonchev–Trinajstić information content (AvgIpc) is 2.86. The summed E-state index contributed by atoms with van der Waals surface area (Å²) in [6.45, 7) is 3.16. The first-order chi connectivity index (χ1) is 9.04. The van der Waals surface area contributed by atoms with Gasteiger partial charge in [-0.1, -0.05) is 6.92 Å². The summed E-state index contributed by atoms with van der Waals surface area (Å²) in [6, 6.07) is -1.38. The van der Waals surface area contributed by atoms with E-state index in [1.165, 1.54) is 11.3 Å². The Bertz CT molecular complexity index is 490. The van der Waals surface area contributed by atoms with E-state index in [-0.39, 0.29) is 11.9 Å². The lowest BCUT2D eigenvalue weighted by Gasteiger charge is -2.34. The molecule has 2 atom stereocenters. The van der Waals surface area contributed by atoms with Gasteiger partial charge in [-0.25, -0.2) is 4.98 Å². The van der Waals surface area contributed by atoms with E-state index >= 15 is 0 Å². The van der Waals surface area contributed by atoms with Crippen molar-refractivity contribution in [1.82, 2.24) is 10.3 Å². The van der Waals surface area contributed by atoms with E-state index in [0.29, 0.717) is 30.3 Å². The van der Waals surface area contributed by atoms with Crippen molar-refractivity contribution in [3.05, 3.63) is 11.1 Å². The van der Waals surface area contributed by atoms with Crippen molar-refractivity contribution < 1.29 is 14.7 Å². The molecule has 2 unspecified atom stereocenters. The van der Waals surface area contributed by atoms with Crippen molar-refractivity contribution in [2.24, 2.45) is 5.73 Å². The molecule has 104 valence electrons. The monoisotopic (exact) mass is 284 g/mol. The molecule has 1 saturated heterocycles. The number of aliphatic carboxylic acids is 1. The Kier molecular flexibility index (Phi) is 4.01. The van der Waals surface area contributed by atoms with Gasteiger partial charge in [0.15, 0.2) is 5.13 Å². The molecule has 1 amide bonds. The largest absolute Gasteiger partial charge is 0.480 e. The number of rotatable bonds is 4. The van der Waals surface area contributed by atoms with Gasteiger partial charge >= 0.3 is 5.97 Å². The number of aromatic nitrogens is 1. The zero-order chi connectivity index (χ0) is 14.0. The molecule has 19 heavy (non-hydrogen) atoms. The first-order valence-electron chi connectivity index (χ1n) is 6.02. The van der Waals surface area contributed by atoms with E-state index in [0.717, 1.165) is 0 Å². The third-order valence-electron chi connectivity index (χ3n) is 3.06. The van der Waals surface area contributed by atoms with Crippen molar-refractivity contribution in [2.45, 2.75) is 25.4 Å². The summed E-state index contributed by atoms with van der Waals surface area (Å²) in [5.41, 5.74) is 5.85. The number of anilines is 1. The first-order valence-corrected chi connectivity index (χ1v) is 6.90. The van der Waals surface area contributed by atoms with Gasteiger partial charge in [0.05, 0.1) is 5.69 Å². The molecule has 0 bridgehead atoms. The van der Waals surface area contributed by atoms with Gasteiger partial charge in [0, 0.05) is 18.5 Å². The highest BCUT2D eigenvalue weighted by Gasteiger charge is 2.30. The minimum Gasteiger partial charge on any atom is -0.480 e. The van der Waals surface area contributed by atoms with Crippen molar-refractivity contribution in [3.8, 4) is 0 Å². The maximum Gasteiger partial charge on any atom is 0.326 e. The highest BCUT2D eigenvalue weighted by atomic mass is 32.1. The standard InChI is InChI=1S/C11H16N4O3S/c1-2-7-9(16)13-3-4-15(7)11-14-6(5-19-11)8(12)10(17)18/h5,7-8H,2-4,12H2,1H3,(H,13,16)(H,17,18). The summed E-state index contributed by atoms with van der Waals surface area (Å²) >= 11 is 1.31. The maximum absolute atomic E-state index is 11.8. The minimum atomic E-state index is -1.12. The Morgan fingerprint density at radius 1 is 1.79 bits per heavy atom. The molecule has 7 nitrogen and oxygen atoms in total. The third kappa shape index (κ3) is 2.69. The van der Waals surface area contributed by atoms with Crippen LogP contribution >= 0.6 is 11.3 Å². The average molecular weight is 284 g/mol. The maximum atomic E-state index is 11.8. The van der Waals surface area contributed by atoms with Crippen LogP contribution in [0.15, 0.2) is 5.38 Å². The van der Waals surface area contributed by atoms with E-state index < -0.39 is 12.0 Å². The second-order valence-electron chi connectivity index (χ2n) is 4.28. The first kappa shape index (κ1) is 13.8. The number of piperazine rings is 1. The van der Waals surface area contributed by atoms with Gasteiger partial charge in [-0.3, -0.25) is 9.59 Å². The molecule has 0 aliphatic carbocycles. The van der Waals surface area contributed by atoms with Crippen molar-refractivity contribution in [3.63, 3.8) is 0 Å². The van der Waals surface area contributed by atoms with Gasteiger partial charge in [-0.2, -0.15) is 0 Å². The lowest BCUT2D eigenvalue weighted by molar-refractivity contribution is -0.138. The van der Waals surface area contributed by atoms with Gasteiger partial charge in [-0.15, -0.1) is 11.3 Å². The lowest BCUT2D eigenvalue weighted by Crippen LogP contribution is -2.55. The number of carbonyl (C=O) groups is 2. The van der Waals surface area contributed by atoms with Crippen LogP contribution in [0, 0.1) is 0 Å². The molecular weight excluding hydrogens is 268 g/mol. The van der Waals surface area contributed by atoms with Gasteiger partial charge in [0.2, 0.25) is 5.91 Å². The smallest absolute Gasteiger partial charge is 0.326 e. The van der Waals surface area contributed by atoms with Crippen molar-refractivity contribution in [1.29, 1.82) is 0 Å². The van der Waals surface area contributed by atoms with E-state index in [9.17, 15) is 9.59 Å². The summed E-state index contributed by atoms with van der Waals surface area (Å²) in [5.74, 6) is -1.13. The summed E-state index contributed by atoms with van der Waals surface area (Å²) in [5, 5.41) is 13.9.